The van der Waals surface area contributed by atoms with Gasteiger partial charge in [0.05, 0.1) is 0 Å². The van der Waals surface area contributed by atoms with E-state index in [9.17, 15) is 0 Å². The monoisotopic (exact) mass is 154 g/mol. The molecule has 1 aliphatic heterocycles. The molecule has 2 unspecified atom stereocenters. The summed E-state index contributed by atoms with van der Waals surface area (Å²) in [5, 5.41) is 6.94. The molecule has 2 fully saturated rings. The Labute approximate surface area is 68.7 Å². The lowest BCUT2D eigenvalue weighted by molar-refractivity contribution is 0.356. The fourth-order valence-corrected chi connectivity index (χ4v) is 1.85. The Hall–Kier alpha value is -0.0800. The van der Waals surface area contributed by atoms with Crippen molar-refractivity contribution < 1.29 is 0 Å². The maximum absolute atomic E-state index is 3.66. The summed E-state index contributed by atoms with van der Waals surface area (Å²) in [7, 11) is 0. The van der Waals surface area contributed by atoms with Gasteiger partial charge in [-0.25, -0.2) is 0 Å². The van der Waals surface area contributed by atoms with Gasteiger partial charge < -0.3 is 10.6 Å². The van der Waals surface area contributed by atoms with Gasteiger partial charge in [0, 0.05) is 25.2 Å². The summed E-state index contributed by atoms with van der Waals surface area (Å²) >= 11 is 0. The van der Waals surface area contributed by atoms with Gasteiger partial charge in [-0.3, -0.25) is 0 Å². The lowest BCUT2D eigenvalue weighted by atomic mass is 10.1. The molecule has 2 rings (SSSR count). The molecule has 0 aromatic carbocycles. The summed E-state index contributed by atoms with van der Waals surface area (Å²) in [4.78, 5) is 0. The molecular formula is C9H18N2. The quantitative estimate of drug-likeness (QED) is 0.624. The first-order chi connectivity index (χ1) is 5.40. The van der Waals surface area contributed by atoms with Crippen LogP contribution in [0.4, 0.5) is 0 Å². The summed E-state index contributed by atoms with van der Waals surface area (Å²) < 4.78 is 0. The third kappa shape index (κ3) is 1.74. The molecule has 0 bridgehead atoms. The van der Waals surface area contributed by atoms with Crippen LogP contribution in [0, 0.1) is 5.92 Å². The summed E-state index contributed by atoms with van der Waals surface area (Å²) in [6.07, 6.45) is 4.22. The summed E-state index contributed by atoms with van der Waals surface area (Å²) in [5.74, 6) is 1.01. The van der Waals surface area contributed by atoms with E-state index in [0.29, 0.717) is 0 Å². The molecule has 0 aromatic heterocycles. The summed E-state index contributed by atoms with van der Waals surface area (Å²) in [6.45, 7) is 4.66. The van der Waals surface area contributed by atoms with Gasteiger partial charge in [0.25, 0.3) is 0 Å². The molecule has 2 heteroatoms. The fourth-order valence-electron chi connectivity index (χ4n) is 1.85. The van der Waals surface area contributed by atoms with Crippen LogP contribution in [-0.4, -0.2) is 25.2 Å². The van der Waals surface area contributed by atoms with Crippen LogP contribution in [0.25, 0.3) is 0 Å². The lowest BCUT2D eigenvalue weighted by Gasteiger charge is -2.28. The molecule has 1 heterocycles. The minimum absolute atomic E-state index is 0.793. The third-order valence-corrected chi connectivity index (χ3v) is 2.81. The van der Waals surface area contributed by atoms with Gasteiger partial charge in [0.15, 0.2) is 0 Å². The van der Waals surface area contributed by atoms with Gasteiger partial charge in [-0.1, -0.05) is 13.3 Å². The fraction of sp³-hybridized carbons (Fsp3) is 1.00. The second-order valence-electron chi connectivity index (χ2n) is 3.91. The van der Waals surface area contributed by atoms with Crippen molar-refractivity contribution in [3.8, 4) is 0 Å². The molecular weight excluding hydrogens is 136 g/mol. The molecule has 0 radical (unpaired) electrons. The lowest BCUT2D eigenvalue weighted by Crippen LogP contribution is -2.56. The Morgan fingerprint density at radius 1 is 1.45 bits per heavy atom. The molecule has 1 saturated carbocycles. The largest absolute Gasteiger partial charge is 0.314 e. The highest BCUT2D eigenvalue weighted by atomic mass is 15.1. The average Bonchev–Trinajstić information content (AvgIpc) is 2.60. The molecule has 2 nitrogen and oxygen atoms in total. The highest BCUT2D eigenvalue weighted by Crippen LogP contribution is 2.34. The predicted octanol–water partition coefficient (Wildman–Crippen LogP) is 0.736. The van der Waals surface area contributed by atoms with E-state index >= 15 is 0 Å². The summed E-state index contributed by atoms with van der Waals surface area (Å²) in [6, 6.07) is 1.67. The van der Waals surface area contributed by atoms with Crippen molar-refractivity contribution in [1.29, 1.82) is 0 Å². The SMILES string of the molecule is CCCC1CC1NC1CNC1. The zero-order chi connectivity index (χ0) is 7.68. The smallest absolute Gasteiger partial charge is 0.0320 e. The summed E-state index contributed by atoms with van der Waals surface area (Å²) in [5.41, 5.74) is 0. The van der Waals surface area contributed by atoms with Crippen molar-refractivity contribution in [1.82, 2.24) is 10.6 Å². The molecule has 64 valence electrons. The van der Waals surface area contributed by atoms with Crippen LogP contribution < -0.4 is 10.6 Å². The maximum atomic E-state index is 3.66. The molecule has 0 amide bonds. The predicted molar refractivity (Wildman–Crippen MR) is 46.6 cm³/mol. The Balaban J connectivity index is 1.59. The van der Waals surface area contributed by atoms with Crippen LogP contribution in [0.1, 0.15) is 26.2 Å². The van der Waals surface area contributed by atoms with Gasteiger partial charge in [0.2, 0.25) is 0 Å². The Kier molecular flexibility index (Phi) is 2.14. The number of hydrogen-bond acceptors (Lipinski definition) is 2. The molecule has 2 atom stereocenters. The molecule has 2 N–H and O–H groups in total. The Bertz CT molecular complexity index is 132. The van der Waals surface area contributed by atoms with Gasteiger partial charge in [-0.2, -0.15) is 0 Å². The van der Waals surface area contributed by atoms with Crippen molar-refractivity contribution in [2.75, 3.05) is 13.1 Å². The normalized spacial score (nSPS) is 36.8. The van der Waals surface area contributed by atoms with Crippen LogP contribution in [0.2, 0.25) is 0 Å². The standard InChI is InChI=1S/C9H18N2/c1-2-3-7-4-9(7)11-8-5-10-6-8/h7-11H,2-6H2,1H3. The highest BCUT2D eigenvalue weighted by Gasteiger charge is 2.37. The van der Waals surface area contributed by atoms with Gasteiger partial charge in [-0.15, -0.1) is 0 Å². The van der Waals surface area contributed by atoms with Crippen molar-refractivity contribution in [3.63, 3.8) is 0 Å². The van der Waals surface area contributed by atoms with E-state index in [1.54, 1.807) is 0 Å². The van der Waals surface area contributed by atoms with E-state index in [4.69, 9.17) is 0 Å². The number of nitrogens with one attached hydrogen (secondary N) is 2. The zero-order valence-electron chi connectivity index (χ0n) is 7.27. The number of hydrogen-bond donors (Lipinski definition) is 2. The first-order valence-corrected chi connectivity index (χ1v) is 4.87. The van der Waals surface area contributed by atoms with Crippen LogP contribution in [0.15, 0.2) is 0 Å². The Morgan fingerprint density at radius 3 is 2.82 bits per heavy atom. The first kappa shape index (κ1) is 7.56. The zero-order valence-corrected chi connectivity index (χ0v) is 7.27. The van der Waals surface area contributed by atoms with Crippen LogP contribution in [0.3, 0.4) is 0 Å². The topological polar surface area (TPSA) is 24.1 Å². The molecule has 11 heavy (non-hydrogen) atoms. The van der Waals surface area contributed by atoms with Gasteiger partial charge in [-0.05, 0) is 18.8 Å². The van der Waals surface area contributed by atoms with E-state index in [2.05, 4.69) is 17.6 Å². The third-order valence-electron chi connectivity index (χ3n) is 2.81. The second-order valence-corrected chi connectivity index (χ2v) is 3.91. The van der Waals surface area contributed by atoms with E-state index in [1.807, 2.05) is 0 Å². The van der Waals surface area contributed by atoms with E-state index in [-0.39, 0.29) is 0 Å². The van der Waals surface area contributed by atoms with E-state index < -0.39 is 0 Å². The molecule has 1 saturated heterocycles. The van der Waals surface area contributed by atoms with Crippen molar-refractivity contribution in [2.45, 2.75) is 38.3 Å². The minimum Gasteiger partial charge on any atom is -0.314 e. The van der Waals surface area contributed by atoms with Crippen LogP contribution in [0.5, 0.6) is 0 Å². The maximum Gasteiger partial charge on any atom is 0.0320 e. The van der Waals surface area contributed by atoms with Gasteiger partial charge in [0.1, 0.15) is 0 Å². The van der Waals surface area contributed by atoms with Crippen LogP contribution in [-0.2, 0) is 0 Å². The molecule has 0 aromatic rings. The van der Waals surface area contributed by atoms with Crippen molar-refractivity contribution in [3.05, 3.63) is 0 Å². The molecule has 0 spiro atoms. The van der Waals surface area contributed by atoms with E-state index in [0.717, 1.165) is 18.0 Å². The van der Waals surface area contributed by atoms with Crippen LogP contribution >= 0.6 is 0 Å². The Morgan fingerprint density at radius 2 is 2.27 bits per heavy atom. The molecule has 2 aliphatic rings. The molecule has 1 aliphatic carbocycles. The second kappa shape index (κ2) is 3.11. The number of rotatable bonds is 4. The first-order valence-electron chi connectivity index (χ1n) is 4.87. The highest BCUT2D eigenvalue weighted by molar-refractivity contribution is 4.97. The van der Waals surface area contributed by atoms with Gasteiger partial charge >= 0.3 is 0 Å². The van der Waals surface area contributed by atoms with Crippen molar-refractivity contribution in [2.24, 2.45) is 5.92 Å². The average molecular weight is 154 g/mol. The van der Waals surface area contributed by atoms with Crippen molar-refractivity contribution >= 4 is 0 Å². The van der Waals surface area contributed by atoms with E-state index in [1.165, 1.54) is 32.4 Å². The minimum atomic E-state index is 0.793.